The SMILES string of the molecule is CCCCCCCCCCC/C=C/C(O)C(CO)NC(=O)CCCCCCCCCCCCCCCCCCCCCOC(=O)CCCCCCCCCCCCCCCC. The molecule has 0 fully saturated rings. The van der Waals surface area contributed by atoms with E-state index in [1.807, 2.05) is 6.08 Å². The lowest BCUT2D eigenvalue weighted by Gasteiger charge is -2.20. The first kappa shape index (κ1) is 59.6. The molecule has 0 rings (SSSR count). The van der Waals surface area contributed by atoms with Crippen molar-refractivity contribution in [1.29, 1.82) is 0 Å². The van der Waals surface area contributed by atoms with Crippen LogP contribution >= 0.6 is 0 Å². The summed E-state index contributed by atoms with van der Waals surface area (Å²) in [5.41, 5.74) is 0. The summed E-state index contributed by atoms with van der Waals surface area (Å²) in [4.78, 5) is 24.4. The molecule has 0 aliphatic heterocycles. The van der Waals surface area contributed by atoms with Crippen LogP contribution in [0.1, 0.15) is 303 Å². The van der Waals surface area contributed by atoms with Crippen molar-refractivity contribution >= 4 is 11.9 Å². The van der Waals surface area contributed by atoms with Crippen LogP contribution in [0.3, 0.4) is 0 Å². The highest BCUT2D eigenvalue weighted by atomic mass is 16.5. The van der Waals surface area contributed by atoms with Gasteiger partial charge in [0.15, 0.2) is 0 Å². The molecule has 61 heavy (non-hydrogen) atoms. The standard InChI is InChI=1S/C55H107NO5/c1-3-5-7-9-11-13-15-16-25-29-33-37-41-45-49-55(60)61-50-46-42-38-34-30-26-23-21-19-17-18-20-22-24-28-32-36-40-44-48-54(59)56-52(51-57)53(58)47-43-39-35-31-27-14-12-10-8-6-4-2/h43,47,52-53,57-58H,3-42,44-46,48-51H2,1-2H3,(H,56,59)/b47-43+. The zero-order chi connectivity index (χ0) is 44.4. The molecule has 0 bridgehead atoms. The van der Waals surface area contributed by atoms with Gasteiger partial charge in [0.05, 0.1) is 25.4 Å². The smallest absolute Gasteiger partial charge is 0.305 e. The van der Waals surface area contributed by atoms with Gasteiger partial charge < -0.3 is 20.3 Å². The average molecular weight is 862 g/mol. The molecule has 0 aromatic heterocycles. The number of ether oxygens (including phenoxy) is 1. The molecule has 0 aromatic carbocycles. The van der Waals surface area contributed by atoms with Crippen LogP contribution < -0.4 is 5.32 Å². The molecule has 2 unspecified atom stereocenters. The number of carbonyl (C=O) groups is 2. The monoisotopic (exact) mass is 862 g/mol. The van der Waals surface area contributed by atoms with Crippen molar-refractivity contribution in [1.82, 2.24) is 5.32 Å². The molecule has 2 atom stereocenters. The molecule has 6 nitrogen and oxygen atoms in total. The summed E-state index contributed by atoms with van der Waals surface area (Å²) >= 11 is 0. The Morgan fingerprint density at radius 1 is 0.443 bits per heavy atom. The molecule has 362 valence electrons. The van der Waals surface area contributed by atoms with E-state index in [0.717, 1.165) is 38.5 Å². The quantitative estimate of drug-likeness (QED) is 0.0322. The summed E-state index contributed by atoms with van der Waals surface area (Å²) in [6.45, 7) is 4.90. The summed E-state index contributed by atoms with van der Waals surface area (Å²) < 4.78 is 5.48. The summed E-state index contributed by atoms with van der Waals surface area (Å²) in [5.74, 6) is -0.0605. The van der Waals surface area contributed by atoms with E-state index in [9.17, 15) is 19.8 Å². The Hall–Kier alpha value is -1.40. The van der Waals surface area contributed by atoms with E-state index in [1.165, 1.54) is 238 Å². The molecule has 0 radical (unpaired) electrons. The maximum Gasteiger partial charge on any atom is 0.305 e. The summed E-state index contributed by atoms with van der Waals surface area (Å²) in [6.07, 6.45) is 59.4. The first-order chi connectivity index (χ1) is 30.0. The number of unbranched alkanes of at least 4 members (excludes halogenated alkanes) is 40. The third kappa shape index (κ3) is 47.9. The Labute approximate surface area is 380 Å². The predicted molar refractivity (Wildman–Crippen MR) is 264 cm³/mol. The van der Waals surface area contributed by atoms with Crippen LogP contribution in [0, 0.1) is 0 Å². The van der Waals surface area contributed by atoms with Gasteiger partial charge in [0.25, 0.3) is 0 Å². The number of amides is 1. The van der Waals surface area contributed by atoms with E-state index in [0.29, 0.717) is 19.4 Å². The molecule has 0 saturated heterocycles. The van der Waals surface area contributed by atoms with E-state index in [-0.39, 0.29) is 18.5 Å². The van der Waals surface area contributed by atoms with Crippen molar-refractivity contribution in [2.24, 2.45) is 0 Å². The molecule has 0 aromatic rings. The van der Waals surface area contributed by atoms with Crippen molar-refractivity contribution in [2.75, 3.05) is 13.2 Å². The Morgan fingerprint density at radius 2 is 0.754 bits per heavy atom. The van der Waals surface area contributed by atoms with Crippen molar-refractivity contribution in [3.63, 3.8) is 0 Å². The van der Waals surface area contributed by atoms with E-state index >= 15 is 0 Å². The second kappa shape index (κ2) is 51.2. The molecule has 0 heterocycles. The molecule has 6 heteroatoms. The normalized spacial score (nSPS) is 12.7. The molecule has 0 saturated carbocycles. The van der Waals surface area contributed by atoms with Crippen molar-refractivity contribution in [3.8, 4) is 0 Å². The summed E-state index contributed by atoms with van der Waals surface area (Å²) in [5, 5.41) is 23.0. The van der Waals surface area contributed by atoms with E-state index in [2.05, 4.69) is 19.2 Å². The molecule has 0 aliphatic rings. The Morgan fingerprint density at radius 3 is 1.11 bits per heavy atom. The lowest BCUT2D eigenvalue weighted by Crippen LogP contribution is -2.45. The topological polar surface area (TPSA) is 95.9 Å². The van der Waals surface area contributed by atoms with Crippen LogP contribution in [0.25, 0.3) is 0 Å². The highest BCUT2D eigenvalue weighted by Crippen LogP contribution is 2.17. The lowest BCUT2D eigenvalue weighted by atomic mass is 10.0. The fraction of sp³-hybridized carbons (Fsp3) is 0.927. The van der Waals surface area contributed by atoms with E-state index < -0.39 is 12.1 Å². The molecular weight excluding hydrogens is 755 g/mol. The number of esters is 1. The Kier molecular flexibility index (Phi) is 50.1. The van der Waals surface area contributed by atoms with Gasteiger partial charge in [-0.3, -0.25) is 9.59 Å². The van der Waals surface area contributed by atoms with Gasteiger partial charge in [0.2, 0.25) is 5.91 Å². The van der Waals surface area contributed by atoms with Crippen molar-refractivity contribution < 1.29 is 24.5 Å². The predicted octanol–water partition coefficient (Wildman–Crippen LogP) is 16.5. The third-order valence-electron chi connectivity index (χ3n) is 12.8. The molecule has 0 aliphatic carbocycles. The maximum absolute atomic E-state index is 12.4. The fourth-order valence-electron chi connectivity index (χ4n) is 8.58. The lowest BCUT2D eigenvalue weighted by molar-refractivity contribution is -0.143. The number of hydrogen-bond acceptors (Lipinski definition) is 5. The van der Waals surface area contributed by atoms with Gasteiger partial charge in [-0.1, -0.05) is 270 Å². The molecule has 0 spiro atoms. The number of nitrogens with one attached hydrogen (secondary N) is 1. The van der Waals surface area contributed by atoms with Crippen molar-refractivity contribution in [2.45, 2.75) is 315 Å². The van der Waals surface area contributed by atoms with E-state index in [1.54, 1.807) is 6.08 Å². The second-order valence-corrected chi connectivity index (χ2v) is 18.9. The Bertz CT molecular complexity index is 909. The molecular formula is C55H107NO5. The fourth-order valence-corrected chi connectivity index (χ4v) is 8.58. The Balaban J connectivity index is 3.39. The van der Waals surface area contributed by atoms with Gasteiger partial charge in [0, 0.05) is 12.8 Å². The maximum atomic E-state index is 12.4. The minimum absolute atomic E-state index is 0.0106. The summed E-state index contributed by atoms with van der Waals surface area (Å²) in [7, 11) is 0. The minimum Gasteiger partial charge on any atom is -0.466 e. The zero-order valence-corrected chi connectivity index (χ0v) is 41.2. The van der Waals surface area contributed by atoms with Crippen LogP contribution in [-0.4, -0.2) is 47.4 Å². The van der Waals surface area contributed by atoms with Gasteiger partial charge in [-0.25, -0.2) is 0 Å². The number of aliphatic hydroxyl groups excluding tert-OH is 2. The number of carbonyl (C=O) groups excluding carboxylic acids is 2. The number of rotatable bonds is 51. The molecule has 1 amide bonds. The van der Waals surface area contributed by atoms with Crippen LogP contribution in [-0.2, 0) is 14.3 Å². The van der Waals surface area contributed by atoms with Gasteiger partial charge >= 0.3 is 5.97 Å². The second-order valence-electron chi connectivity index (χ2n) is 18.9. The van der Waals surface area contributed by atoms with Crippen LogP contribution in [0.5, 0.6) is 0 Å². The van der Waals surface area contributed by atoms with Gasteiger partial charge in [-0.2, -0.15) is 0 Å². The van der Waals surface area contributed by atoms with Crippen LogP contribution in [0.15, 0.2) is 12.2 Å². The first-order valence-electron chi connectivity index (χ1n) is 27.5. The largest absolute Gasteiger partial charge is 0.466 e. The van der Waals surface area contributed by atoms with Gasteiger partial charge in [-0.15, -0.1) is 0 Å². The average Bonchev–Trinajstić information content (AvgIpc) is 3.26. The number of allylic oxidation sites excluding steroid dienone is 1. The highest BCUT2D eigenvalue weighted by molar-refractivity contribution is 5.76. The zero-order valence-electron chi connectivity index (χ0n) is 41.2. The van der Waals surface area contributed by atoms with E-state index in [4.69, 9.17) is 4.74 Å². The third-order valence-corrected chi connectivity index (χ3v) is 12.8. The first-order valence-corrected chi connectivity index (χ1v) is 27.5. The molecule has 3 N–H and O–H groups in total. The highest BCUT2D eigenvalue weighted by Gasteiger charge is 2.18. The van der Waals surface area contributed by atoms with Gasteiger partial charge in [0.1, 0.15) is 0 Å². The van der Waals surface area contributed by atoms with Crippen LogP contribution in [0.2, 0.25) is 0 Å². The number of hydrogen-bond donors (Lipinski definition) is 3. The minimum atomic E-state index is -0.843. The summed E-state index contributed by atoms with van der Waals surface area (Å²) in [6, 6.07) is -0.627. The van der Waals surface area contributed by atoms with Gasteiger partial charge in [-0.05, 0) is 32.1 Å². The van der Waals surface area contributed by atoms with Crippen LogP contribution in [0.4, 0.5) is 0 Å². The van der Waals surface area contributed by atoms with Crippen molar-refractivity contribution in [3.05, 3.63) is 12.2 Å². The number of aliphatic hydroxyl groups is 2.